The van der Waals surface area contributed by atoms with E-state index in [1.807, 2.05) is 12.1 Å². The Balaban J connectivity index is 1.63. The van der Waals surface area contributed by atoms with E-state index in [0.717, 1.165) is 5.56 Å². The van der Waals surface area contributed by atoms with Gasteiger partial charge in [-0.05, 0) is 12.1 Å². The number of benzene rings is 2. The molecule has 2 aliphatic rings. The SMILES string of the molecule is COc1cc(S(=O)(=O)N2CCOCC2)cc(C(=O)NCc2cccc3c2OCCO3)c1OC. The monoisotopic (exact) mass is 478 g/mol. The minimum absolute atomic E-state index is 0.0469. The minimum Gasteiger partial charge on any atom is -0.493 e. The fraction of sp³-hybridized carbons (Fsp3) is 0.409. The summed E-state index contributed by atoms with van der Waals surface area (Å²) in [7, 11) is -1.07. The van der Waals surface area contributed by atoms with Crippen molar-refractivity contribution < 1.29 is 36.9 Å². The van der Waals surface area contributed by atoms with Crippen LogP contribution >= 0.6 is 0 Å². The summed E-state index contributed by atoms with van der Waals surface area (Å²) in [5.74, 6) is 0.970. The second-order valence-electron chi connectivity index (χ2n) is 7.35. The van der Waals surface area contributed by atoms with Gasteiger partial charge in [0.1, 0.15) is 13.2 Å². The molecule has 1 saturated heterocycles. The van der Waals surface area contributed by atoms with E-state index in [4.69, 9.17) is 23.7 Å². The van der Waals surface area contributed by atoms with Crippen molar-refractivity contribution in [1.82, 2.24) is 9.62 Å². The van der Waals surface area contributed by atoms with E-state index in [-0.39, 0.29) is 41.6 Å². The Morgan fingerprint density at radius 1 is 1.06 bits per heavy atom. The van der Waals surface area contributed by atoms with E-state index in [9.17, 15) is 13.2 Å². The van der Waals surface area contributed by atoms with Crippen molar-refractivity contribution in [3.05, 3.63) is 41.5 Å². The maximum Gasteiger partial charge on any atom is 0.255 e. The first-order valence-corrected chi connectivity index (χ1v) is 11.9. The van der Waals surface area contributed by atoms with Crippen LogP contribution in [0.25, 0.3) is 0 Å². The second kappa shape index (κ2) is 9.86. The number of morpholine rings is 1. The average Bonchev–Trinajstić information content (AvgIpc) is 2.86. The van der Waals surface area contributed by atoms with Gasteiger partial charge in [0.25, 0.3) is 5.91 Å². The number of nitrogens with one attached hydrogen (secondary N) is 1. The van der Waals surface area contributed by atoms with Gasteiger partial charge in [-0.1, -0.05) is 12.1 Å². The van der Waals surface area contributed by atoms with Crippen LogP contribution in [0, 0.1) is 0 Å². The molecule has 0 aliphatic carbocycles. The number of nitrogens with zero attached hydrogens (tertiary/aromatic N) is 1. The fourth-order valence-corrected chi connectivity index (χ4v) is 5.19. The Morgan fingerprint density at radius 3 is 2.55 bits per heavy atom. The van der Waals surface area contributed by atoms with Gasteiger partial charge in [0.2, 0.25) is 10.0 Å². The van der Waals surface area contributed by atoms with Crippen LogP contribution in [0.3, 0.4) is 0 Å². The van der Waals surface area contributed by atoms with E-state index in [0.29, 0.717) is 37.9 Å². The van der Waals surface area contributed by atoms with Gasteiger partial charge in [0.15, 0.2) is 23.0 Å². The normalized spacial score (nSPS) is 16.2. The highest BCUT2D eigenvalue weighted by molar-refractivity contribution is 7.89. The molecule has 1 amide bonds. The summed E-state index contributed by atoms with van der Waals surface area (Å²) in [6.07, 6.45) is 0. The third kappa shape index (κ3) is 4.70. The van der Waals surface area contributed by atoms with Crippen molar-refractivity contribution >= 4 is 15.9 Å². The zero-order valence-corrected chi connectivity index (χ0v) is 19.3. The number of amides is 1. The summed E-state index contributed by atoms with van der Waals surface area (Å²) in [5.41, 5.74) is 0.786. The highest BCUT2D eigenvalue weighted by atomic mass is 32.2. The van der Waals surface area contributed by atoms with Crippen molar-refractivity contribution in [2.24, 2.45) is 0 Å². The van der Waals surface area contributed by atoms with Crippen LogP contribution in [-0.2, 0) is 21.3 Å². The largest absolute Gasteiger partial charge is 0.493 e. The topological polar surface area (TPSA) is 113 Å². The van der Waals surface area contributed by atoms with Gasteiger partial charge in [-0.15, -0.1) is 0 Å². The van der Waals surface area contributed by atoms with Crippen molar-refractivity contribution in [1.29, 1.82) is 0 Å². The molecule has 0 saturated carbocycles. The molecular weight excluding hydrogens is 452 g/mol. The molecule has 1 fully saturated rings. The maximum atomic E-state index is 13.2. The molecule has 0 aromatic heterocycles. The summed E-state index contributed by atoms with van der Waals surface area (Å²) >= 11 is 0. The van der Waals surface area contributed by atoms with E-state index < -0.39 is 15.9 Å². The van der Waals surface area contributed by atoms with Crippen LogP contribution in [0.1, 0.15) is 15.9 Å². The molecule has 10 nitrogen and oxygen atoms in total. The predicted molar refractivity (Wildman–Crippen MR) is 118 cm³/mol. The minimum atomic E-state index is -3.85. The summed E-state index contributed by atoms with van der Waals surface area (Å²) in [6, 6.07) is 8.10. The Hall–Kier alpha value is -3.02. The molecule has 0 radical (unpaired) electrons. The molecule has 0 spiro atoms. The van der Waals surface area contributed by atoms with E-state index >= 15 is 0 Å². The summed E-state index contributed by atoms with van der Waals surface area (Å²) < 4.78 is 54.9. The van der Waals surface area contributed by atoms with Gasteiger partial charge in [-0.3, -0.25) is 4.79 Å². The molecule has 11 heteroatoms. The van der Waals surface area contributed by atoms with E-state index in [1.54, 1.807) is 6.07 Å². The van der Waals surface area contributed by atoms with E-state index in [2.05, 4.69) is 5.32 Å². The second-order valence-corrected chi connectivity index (χ2v) is 9.28. The number of methoxy groups -OCH3 is 2. The van der Waals surface area contributed by atoms with Crippen molar-refractivity contribution in [2.75, 3.05) is 53.7 Å². The van der Waals surface area contributed by atoms with Crippen molar-refractivity contribution in [3.8, 4) is 23.0 Å². The van der Waals surface area contributed by atoms with Gasteiger partial charge in [0.05, 0.1) is 37.9 Å². The molecule has 178 valence electrons. The highest BCUT2D eigenvalue weighted by Gasteiger charge is 2.30. The van der Waals surface area contributed by atoms with Crippen LogP contribution in [-0.4, -0.2) is 72.4 Å². The van der Waals surface area contributed by atoms with Gasteiger partial charge in [-0.2, -0.15) is 4.31 Å². The number of fused-ring (bicyclic) bond motifs is 1. The molecule has 2 aromatic carbocycles. The van der Waals surface area contributed by atoms with Crippen molar-refractivity contribution in [3.63, 3.8) is 0 Å². The van der Waals surface area contributed by atoms with Gasteiger partial charge < -0.3 is 29.0 Å². The predicted octanol–water partition coefficient (Wildman–Crippen LogP) is 1.43. The summed E-state index contributed by atoms with van der Waals surface area (Å²) in [4.78, 5) is 13.1. The van der Waals surface area contributed by atoms with Crippen molar-refractivity contribution in [2.45, 2.75) is 11.4 Å². The molecule has 33 heavy (non-hydrogen) atoms. The molecule has 1 N–H and O–H groups in total. The molecule has 0 bridgehead atoms. The molecule has 0 atom stereocenters. The number of para-hydroxylation sites is 1. The zero-order valence-electron chi connectivity index (χ0n) is 18.5. The van der Waals surface area contributed by atoms with Gasteiger partial charge in [-0.25, -0.2) is 8.42 Å². The zero-order chi connectivity index (χ0) is 23.4. The first-order chi connectivity index (χ1) is 16.0. The Bertz CT molecular complexity index is 1130. The fourth-order valence-electron chi connectivity index (χ4n) is 3.74. The Kier molecular flexibility index (Phi) is 6.91. The van der Waals surface area contributed by atoms with Crippen LogP contribution < -0.4 is 24.3 Å². The molecule has 0 unspecified atom stereocenters. The van der Waals surface area contributed by atoms with Crippen LogP contribution in [0.4, 0.5) is 0 Å². The number of carbonyl (C=O) groups excluding carboxylic acids is 1. The maximum absolute atomic E-state index is 13.2. The number of ether oxygens (including phenoxy) is 5. The molecule has 2 heterocycles. The number of sulfonamides is 1. The molecule has 4 rings (SSSR count). The number of hydrogen-bond donors (Lipinski definition) is 1. The Labute approximate surface area is 192 Å². The Morgan fingerprint density at radius 2 is 1.82 bits per heavy atom. The lowest BCUT2D eigenvalue weighted by atomic mass is 10.1. The van der Waals surface area contributed by atoms with Gasteiger partial charge in [0, 0.05) is 31.3 Å². The average molecular weight is 479 g/mol. The summed E-state index contributed by atoms with van der Waals surface area (Å²) in [6.45, 7) is 2.13. The standard InChI is InChI=1S/C22H26N2O8S/c1-28-19-13-16(33(26,27)24-6-8-30-9-7-24)12-17(21(19)29-2)22(25)23-14-15-4-3-5-18-20(15)32-11-10-31-18/h3-5,12-13H,6-11,14H2,1-2H3,(H,23,25). The third-order valence-electron chi connectivity index (χ3n) is 5.39. The lowest BCUT2D eigenvalue weighted by Crippen LogP contribution is -2.40. The van der Waals surface area contributed by atoms with Crippen LogP contribution in [0.5, 0.6) is 23.0 Å². The number of carbonyl (C=O) groups is 1. The molecular formula is C22H26N2O8S. The smallest absolute Gasteiger partial charge is 0.255 e. The van der Waals surface area contributed by atoms with Crippen LogP contribution in [0.2, 0.25) is 0 Å². The summed E-state index contributed by atoms with van der Waals surface area (Å²) in [5, 5.41) is 2.81. The first kappa shape index (κ1) is 23.1. The number of hydrogen-bond acceptors (Lipinski definition) is 8. The quantitative estimate of drug-likeness (QED) is 0.636. The van der Waals surface area contributed by atoms with E-state index in [1.165, 1.54) is 30.7 Å². The van der Waals surface area contributed by atoms with Crippen LogP contribution in [0.15, 0.2) is 35.2 Å². The lowest BCUT2D eigenvalue weighted by molar-refractivity contribution is 0.0730. The highest BCUT2D eigenvalue weighted by Crippen LogP contribution is 2.36. The first-order valence-electron chi connectivity index (χ1n) is 10.5. The molecule has 2 aromatic rings. The third-order valence-corrected chi connectivity index (χ3v) is 7.27. The lowest BCUT2D eigenvalue weighted by Gasteiger charge is -2.26. The van der Waals surface area contributed by atoms with Gasteiger partial charge >= 0.3 is 0 Å². The molecule has 2 aliphatic heterocycles. The number of rotatable bonds is 7.